The number of carbonyl (C=O) groups is 2. The van der Waals surface area contributed by atoms with Crippen LogP contribution in [0.2, 0.25) is 0 Å². The number of benzene rings is 1. The maximum absolute atomic E-state index is 12.7. The van der Waals surface area contributed by atoms with E-state index in [4.69, 9.17) is 9.47 Å². The minimum absolute atomic E-state index is 0.236. The molecular formula is C20H23NO4S. The first-order chi connectivity index (χ1) is 12.5. The van der Waals surface area contributed by atoms with Gasteiger partial charge in [0.25, 0.3) is 5.91 Å². The summed E-state index contributed by atoms with van der Waals surface area (Å²) in [7, 11) is 1.37. The number of anilines is 1. The molecule has 3 rings (SSSR count). The lowest BCUT2D eigenvalue weighted by Gasteiger charge is -2.12. The Bertz CT molecular complexity index is 841. The molecule has 0 saturated carbocycles. The highest BCUT2D eigenvalue weighted by Crippen LogP contribution is 2.38. The summed E-state index contributed by atoms with van der Waals surface area (Å²) in [5.41, 5.74) is 2.99. The largest absolute Gasteiger partial charge is 0.494 e. The molecule has 0 saturated heterocycles. The lowest BCUT2D eigenvalue weighted by atomic mass is 9.95. The fourth-order valence-electron chi connectivity index (χ4n) is 3.26. The number of rotatable bonds is 5. The normalized spacial score (nSPS) is 13.0. The van der Waals surface area contributed by atoms with Crippen LogP contribution >= 0.6 is 11.3 Å². The Morgan fingerprint density at radius 3 is 2.69 bits per heavy atom. The van der Waals surface area contributed by atoms with Crippen molar-refractivity contribution in [3.05, 3.63) is 45.3 Å². The summed E-state index contributed by atoms with van der Waals surface area (Å²) in [6.07, 6.45) is 3.97. The third-order valence-corrected chi connectivity index (χ3v) is 5.73. The summed E-state index contributed by atoms with van der Waals surface area (Å²) < 4.78 is 10.5. The number of nitrogens with one attached hydrogen (secondary N) is 1. The second-order valence-electron chi connectivity index (χ2n) is 6.27. The first-order valence-corrected chi connectivity index (χ1v) is 9.64. The summed E-state index contributed by atoms with van der Waals surface area (Å²) in [5, 5.41) is 3.50. The van der Waals surface area contributed by atoms with Crippen molar-refractivity contribution in [2.24, 2.45) is 0 Å². The van der Waals surface area contributed by atoms with Crippen molar-refractivity contribution in [1.29, 1.82) is 0 Å². The van der Waals surface area contributed by atoms with E-state index in [2.05, 4.69) is 5.32 Å². The van der Waals surface area contributed by atoms with Crippen LogP contribution in [0.15, 0.2) is 18.2 Å². The zero-order valence-electron chi connectivity index (χ0n) is 15.3. The topological polar surface area (TPSA) is 64.6 Å². The fourth-order valence-corrected chi connectivity index (χ4v) is 4.53. The Hall–Kier alpha value is -2.34. The number of amides is 1. The average molecular weight is 373 g/mol. The Labute approximate surface area is 157 Å². The average Bonchev–Trinajstić information content (AvgIpc) is 3.00. The van der Waals surface area contributed by atoms with Crippen molar-refractivity contribution in [3.8, 4) is 5.75 Å². The predicted octanol–water partition coefficient (Wildman–Crippen LogP) is 4.37. The maximum Gasteiger partial charge on any atom is 0.341 e. The van der Waals surface area contributed by atoms with Gasteiger partial charge >= 0.3 is 5.97 Å². The molecule has 1 aromatic carbocycles. The van der Waals surface area contributed by atoms with Gasteiger partial charge in [-0.15, -0.1) is 11.3 Å². The molecule has 1 amide bonds. The van der Waals surface area contributed by atoms with Crippen molar-refractivity contribution < 1.29 is 19.1 Å². The second kappa shape index (κ2) is 7.91. The van der Waals surface area contributed by atoms with Crippen LogP contribution in [0.25, 0.3) is 0 Å². The number of fused-ring (bicyclic) bond motifs is 1. The minimum Gasteiger partial charge on any atom is -0.494 e. The predicted molar refractivity (Wildman–Crippen MR) is 103 cm³/mol. The van der Waals surface area contributed by atoms with Gasteiger partial charge < -0.3 is 14.8 Å². The quantitative estimate of drug-likeness (QED) is 0.790. The van der Waals surface area contributed by atoms with Crippen LogP contribution in [0.3, 0.4) is 0 Å². The number of carbonyl (C=O) groups excluding carboxylic acids is 2. The lowest BCUT2D eigenvalue weighted by molar-refractivity contribution is 0.0601. The lowest BCUT2D eigenvalue weighted by Crippen LogP contribution is -2.15. The zero-order valence-corrected chi connectivity index (χ0v) is 16.1. The molecule has 26 heavy (non-hydrogen) atoms. The second-order valence-corrected chi connectivity index (χ2v) is 7.38. The maximum atomic E-state index is 12.7. The van der Waals surface area contributed by atoms with Crippen LogP contribution in [0, 0.1) is 6.92 Å². The number of ether oxygens (including phenoxy) is 2. The van der Waals surface area contributed by atoms with E-state index in [-0.39, 0.29) is 11.9 Å². The Morgan fingerprint density at radius 2 is 2.00 bits per heavy atom. The van der Waals surface area contributed by atoms with Gasteiger partial charge in [-0.2, -0.15) is 0 Å². The van der Waals surface area contributed by atoms with E-state index in [1.54, 1.807) is 18.2 Å². The molecule has 1 N–H and O–H groups in total. The van der Waals surface area contributed by atoms with Crippen LogP contribution in [0.4, 0.5) is 5.00 Å². The minimum atomic E-state index is -0.387. The molecule has 0 spiro atoms. The molecular weight excluding hydrogens is 350 g/mol. The molecule has 138 valence electrons. The van der Waals surface area contributed by atoms with E-state index in [0.29, 0.717) is 22.7 Å². The van der Waals surface area contributed by atoms with Gasteiger partial charge in [-0.1, -0.05) is 0 Å². The molecule has 0 atom stereocenters. The number of aryl methyl sites for hydroxylation is 2. The molecule has 0 unspecified atom stereocenters. The highest BCUT2D eigenvalue weighted by molar-refractivity contribution is 7.17. The monoisotopic (exact) mass is 373 g/mol. The highest BCUT2D eigenvalue weighted by atomic mass is 32.1. The number of esters is 1. The number of methoxy groups -OCH3 is 1. The van der Waals surface area contributed by atoms with Crippen molar-refractivity contribution in [3.63, 3.8) is 0 Å². The van der Waals surface area contributed by atoms with Crippen LogP contribution in [-0.4, -0.2) is 25.6 Å². The molecule has 1 heterocycles. The van der Waals surface area contributed by atoms with Crippen molar-refractivity contribution in [1.82, 2.24) is 0 Å². The first-order valence-electron chi connectivity index (χ1n) is 8.82. The smallest absolute Gasteiger partial charge is 0.341 e. The summed E-state index contributed by atoms with van der Waals surface area (Å²) in [5.74, 6) is 0.147. The van der Waals surface area contributed by atoms with Gasteiger partial charge in [-0.3, -0.25) is 4.79 Å². The standard InChI is InChI=1S/C20H23NO4S/c1-4-25-15-10-9-13(11-12(15)2)18(22)21-19-17(20(23)24-3)14-7-5-6-8-16(14)26-19/h9-11H,4-8H2,1-3H3,(H,21,22). The van der Waals surface area contributed by atoms with E-state index in [1.807, 2.05) is 13.8 Å². The van der Waals surface area contributed by atoms with Gasteiger partial charge in [0.05, 0.1) is 19.3 Å². The van der Waals surface area contributed by atoms with Crippen LogP contribution in [0.5, 0.6) is 5.75 Å². The Kier molecular flexibility index (Phi) is 5.61. The fraction of sp³-hybridized carbons (Fsp3) is 0.400. The van der Waals surface area contributed by atoms with E-state index in [9.17, 15) is 9.59 Å². The van der Waals surface area contributed by atoms with E-state index in [1.165, 1.54) is 23.3 Å². The number of hydrogen-bond donors (Lipinski definition) is 1. The summed E-state index contributed by atoms with van der Waals surface area (Å²) in [6, 6.07) is 5.33. The van der Waals surface area contributed by atoms with Crippen molar-refractivity contribution in [2.45, 2.75) is 39.5 Å². The highest BCUT2D eigenvalue weighted by Gasteiger charge is 2.27. The molecule has 1 aromatic heterocycles. The van der Waals surface area contributed by atoms with Crippen LogP contribution in [0.1, 0.15) is 56.5 Å². The first kappa shape index (κ1) is 18.5. The molecule has 0 aliphatic heterocycles. The molecule has 0 bridgehead atoms. The number of hydrogen-bond acceptors (Lipinski definition) is 5. The third-order valence-electron chi connectivity index (χ3n) is 4.52. The van der Waals surface area contributed by atoms with Gasteiger partial charge in [0.2, 0.25) is 0 Å². The Morgan fingerprint density at radius 1 is 1.23 bits per heavy atom. The summed E-state index contributed by atoms with van der Waals surface area (Å²) in [6.45, 7) is 4.41. The number of thiophene rings is 1. The van der Waals surface area contributed by atoms with E-state index in [0.717, 1.165) is 42.6 Å². The van der Waals surface area contributed by atoms with Crippen molar-refractivity contribution >= 4 is 28.2 Å². The molecule has 0 fully saturated rings. The third kappa shape index (κ3) is 3.60. The summed E-state index contributed by atoms with van der Waals surface area (Å²) >= 11 is 1.49. The molecule has 0 radical (unpaired) electrons. The molecule has 6 heteroatoms. The Balaban J connectivity index is 1.89. The van der Waals surface area contributed by atoms with E-state index < -0.39 is 0 Å². The molecule has 5 nitrogen and oxygen atoms in total. The zero-order chi connectivity index (χ0) is 18.7. The molecule has 1 aliphatic rings. The van der Waals surface area contributed by atoms with E-state index >= 15 is 0 Å². The van der Waals surface area contributed by atoms with Gasteiger partial charge in [0.1, 0.15) is 10.8 Å². The molecule has 2 aromatic rings. The molecule has 1 aliphatic carbocycles. The van der Waals surface area contributed by atoms with Crippen molar-refractivity contribution in [2.75, 3.05) is 19.0 Å². The van der Waals surface area contributed by atoms with Crippen LogP contribution < -0.4 is 10.1 Å². The summed E-state index contributed by atoms with van der Waals surface area (Å²) in [4.78, 5) is 26.2. The van der Waals surface area contributed by atoms with Crippen LogP contribution in [-0.2, 0) is 17.6 Å². The van der Waals surface area contributed by atoms with Gasteiger partial charge in [-0.05, 0) is 68.9 Å². The van der Waals surface area contributed by atoms with Gasteiger partial charge in [-0.25, -0.2) is 4.79 Å². The SMILES string of the molecule is CCOc1ccc(C(=O)Nc2sc3c(c2C(=O)OC)CCCC3)cc1C. The van der Waals surface area contributed by atoms with Gasteiger partial charge in [0, 0.05) is 10.4 Å². The van der Waals surface area contributed by atoms with Gasteiger partial charge in [0.15, 0.2) is 0 Å².